The van der Waals surface area contributed by atoms with E-state index in [1.54, 1.807) is 0 Å². The standard InChI is InChI=1S/C16H27N3/c1-12-9-14(10-13(2)17)11-18-16(12)19(3)15-7-5-4-6-8-15/h9,11,13,15H,4-8,10,17H2,1-3H3. The van der Waals surface area contributed by atoms with E-state index in [9.17, 15) is 0 Å². The van der Waals surface area contributed by atoms with Gasteiger partial charge in [-0.1, -0.05) is 25.3 Å². The highest BCUT2D eigenvalue weighted by Gasteiger charge is 2.20. The summed E-state index contributed by atoms with van der Waals surface area (Å²) in [6.07, 6.45) is 9.61. The lowest BCUT2D eigenvalue weighted by Crippen LogP contribution is -2.34. The predicted octanol–water partition coefficient (Wildman–Crippen LogP) is 3.05. The highest BCUT2D eigenvalue weighted by Crippen LogP contribution is 2.27. The van der Waals surface area contributed by atoms with Gasteiger partial charge in [-0.25, -0.2) is 4.98 Å². The number of rotatable bonds is 4. The van der Waals surface area contributed by atoms with E-state index in [1.807, 2.05) is 13.1 Å². The van der Waals surface area contributed by atoms with Crippen molar-refractivity contribution in [1.29, 1.82) is 0 Å². The third-order valence-corrected chi connectivity index (χ3v) is 4.12. The first-order valence-corrected chi connectivity index (χ1v) is 7.52. The first-order valence-electron chi connectivity index (χ1n) is 7.52. The molecule has 19 heavy (non-hydrogen) atoms. The zero-order chi connectivity index (χ0) is 13.8. The van der Waals surface area contributed by atoms with Crippen LogP contribution >= 0.6 is 0 Å². The first-order chi connectivity index (χ1) is 9.08. The van der Waals surface area contributed by atoms with E-state index < -0.39 is 0 Å². The van der Waals surface area contributed by atoms with E-state index in [0.717, 1.165) is 12.2 Å². The Morgan fingerprint density at radius 2 is 2.05 bits per heavy atom. The number of nitrogens with two attached hydrogens (primary N) is 1. The predicted molar refractivity (Wildman–Crippen MR) is 81.6 cm³/mol. The fourth-order valence-corrected chi connectivity index (χ4v) is 3.12. The van der Waals surface area contributed by atoms with E-state index >= 15 is 0 Å². The molecule has 1 aliphatic carbocycles. The van der Waals surface area contributed by atoms with Gasteiger partial charge in [0.25, 0.3) is 0 Å². The third kappa shape index (κ3) is 3.69. The second-order valence-electron chi connectivity index (χ2n) is 6.07. The molecule has 1 fully saturated rings. The van der Waals surface area contributed by atoms with Gasteiger partial charge in [-0.15, -0.1) is 0 Å². The molecule has 0 aliphatic heterocycles. The molecule has 0 aromatic carbocycles. The molecule has 3 nitrogen and oxygen atoms in total. The van der Waals surface area contributed by atoms with Gasteiger partial charge in [0.2, 0.25) is 0 Å². The van der Waals surface area contributed by atoms with Gasteiger partial charge < -0.3 is 10.6 Å². The Labute approximate surface area is 117 Å². The summed E-state index contributed by atoms with van der Waals surface area (Å²) in [6.45, 7) is 4.20. The molecular formula is C16H27N3. The molecule has 0 spiro atoms. The molecule has 2 N–H and O–H groups in total. The lowest BCUT2D eigenvalue weighted by Gasteiger charge is -2.33. The Morgan fingerprint density at radius 3 is 2.63 bits per heavy atom. The molecule has 0 bridgehead atoms. The quantitative estimate of drug-likeness (QED) is 0.906. The molecule has 1 unspecified atom stereocenters. The maximum atomic E-state index is 5.85. The minimum Gasteiger partial charge on any atom is -0.356 e. The molecule has 1 heterocycles. The summed E-state index contributed by atoms with van der Waals surface area (Å²) >= 11 is 0. The molecule has 106 valence electrons. The van der Waals surface area contributed by atoms with Crippen LogP contribution in [0.4, 0.5) is 5.82 Å². The molecular weight excluding hydrogens is 234 g/mol. The van der Waals surface area contributed by atoms with Crippen molar-refractivity contribution in [2.24, 2.45) is 5.73 Å². The van der Waals surface area contributed by atoms with Gasteiger partial charge >= 0.3 is 0 Å². The smallest absolute Gasteiger partial charge is 0.131 e. The van der Waals surface area contributed by atoms with Crippen LogP contribution in [0, 0.1) is 6.92 Å². The van der Waals surface area contributed by atoms with Crippen molar-refractivity contribution in [3.05, 3.63) is 23.4 Å². The summed E-state index contributed by atoms with van der Waals surface area (Å²) < 4.78 is 0. The van der Waals surface area contributed by atoms with Gasteiger partial charge in [0.15, 0.2) is 0 Å². The van der Waals surface area contributed by atoms with Gasteiger partial charge in [0, 0.05) is 25.3 Å². The Hall–Kier alpha value is -1.09. The van der Waals surface area contributed by atoms with Crippen LogP contribution in [-0.4, -0.2) is 24.1 Å². The van der Waals surface area contributed by atoms with Crippen LogP contribution in [0.25, 0.3) is 0 Å². The maximum absolute atomic E-state index is 5.85. The molecule has 0 saturated heterocycles. The van der Waals surface area contributed by atoms with Crippen LogP contribution in [0.2, 0.25) is 0 Å². The van der Waals surface area contributed by atoms with Gasteiger partial charge in [0.05, 0.1) is 0 Å². The van der Waals surface area contributed by atoms with Gasteiger partial charge in [-0.2, -0.15) is 0 Å². The Morgan fingerprint density at radius 1 is 1.37 bits per heavy atom. The summed E-state index contributed by atoms with van der Waals surface area (Å²) in [5.41, 5.74) is 8.36. The lowest BCUT2D eigenvalue weighted by atomic mass is 9.94. The van der Waals surface area contributed by atoms with Crippen LogP contribution in [-0.2, 0) is 6.42 Å². The van der Waals surface area contributed by atoms with Gasteiger partial charge in [-0.05, 0) is 44.2 Å². The molecule has 0 amide bonds. The number of aromatic nitrogens is 1. The van der Waals surface area contributed by atoms with E-state index in [0.29, 0.717) is 6.04 Å². The first kappa shape index (κ1) is 14.3. The monoisotopic (exact) mass is 261 g/mol. The molecule has 1 aliphatic rings. The van der Waals surface area contributed by atoms with Crippen LogP contribution in [0.1, 0.15) is 50.2 Å². The van der Waals surface area contributed by atoms with Crippen LogP contribution < -0.4 is 10.6 Å². The van der Waals surface area contributed by atoms with Crippen LogP contribution in [0.3, 0.4) is 0 Å². The zero-order valence-corrected chi connectivity index (χ0v) is 12.5. The van der Waals surface area contributed by atoms with E-state index in [1.165, 1.54) is 43.2 Å². The van der Waals surface area contributed by atoms with Crippen molar-refractivity contribution in [2.75, 3.05) is 11.9 Å². The molecule has 1 atom stereocenters. The Balaban J connectivity index is 2.10. The third-order valence-electron chi connectivity index (χ3n) is 4.12. The SMILES string of the molecule is Cc1cc(CC(C)N)cnc1N(C)C1CCCCC1. The van der Waals surface area contributed by atoms with Crippen molar-refractivity contribution in [3.8, 4) is 0 Å². The van der Waals surface area contributed by atoms with E-state index in [2.05, 4.69) is 29.9 Å². The minimum absolute atomic E-state index is 0.197. The summed E-state index contributed by atoms with van der Waals surface area (Å²) in [6, 6.07) is 3.10. The molecule has 2 rings (SSSR count). The minimum atomic E-state index is 0.197. The van der Waals surface area contributed by atoms with E-state index in [-0.39, 0.29) is 6.04 Å². The molecule has 1 aromatic heterocycles. The Bertz CT molecular complexity index is 408. The summed E-state index contributed by atoms with van der Waals surface area (Å²) in [5.74, 6) is 1.14. The topological polar surface area (TPSA) is 42.1 Å². The Kier molecular flexibility index (Phi) is 4.81. The summed E-state index contributed by atoms with van der Waals surface area (Å²) in [4.78, 5) is 7.06. The molecule has 0 radical (unpaired) electrons. The normalized spacial score (nSPS) is 18.3. The number of hydrogen-bond acceptors (Lipinski definition) is 3. The maximum Gasteiger partial charge on any atom is 0.131 e. The number of pyridine rings is 1. The number of hydrogen-bond donors (Lipinski definition) is 1. The largest absolute Gasteiger partial charge is 0.356 e. The second-order valence-corrected chi connectivity index (χ2v) is 6.07. The van der Waals surface area contributed by atoms with Crippen molar-refractivity contribution in [1.82, 2.24) is 4.98 Å². The van der Waals surface area contributed by atoms with Gasteiger partial charge in [0.1, 0.15) is 5.82 Å². The van der Waals surface area contributed by atoms with E-state index in [4.69, 9.17) is 5.73 Å². The molecule has 3 heteroatoms. The average molecular weight is 261 g/mol. The summed E-state index contributed by atoms with van der Waals surface area (Å²) in [5, 5.41) is 0. The average Bonchev–Trinajstić information content (AvgIpc) is 2.38. The lowest BCUT2D eigenvalue weighted by molar-refractivity contribution is 0.425. The van der Waals surface area contributed by atoms with Crippen LogP contribution in [0.5, 0.6) is 0 Å². The fourth-order valence-electron chi connectivity index (χ4n) is 3.12. The molecule has 1 saturated carbocycles. The van der Waals surface area contributed by atoms with Crippen LogP contribution in [0.15, 0.2) is 12.3 Å². The fraction of sp³-hybridized carbons (Fsp3) is 0.688. The summed E-state index contributed by atoms with van der Waals surface area (Å²) in [7, 11) is 2.19. The molecule has 1 aromatic rings. The highest BCUT2D eigenvalue weighted by molar-refractivity contribution is 5.47. The number of aryl methyl sites for hydroxylation is 1. The van der Waals surface area contributed by atoms with Crippen molar-refractivity contribution >= 4 is 5.82 Å². The number of anilines is 1. The van der Waals surface area contributed by atoms with Crippen molar-refractivity contribution in [3.63, 3.8) is 0 Å². The zero-order valence-electron chi connectivity index (χ0n) is 12.5. The van der Waals surface area contributed by atoms with Crippen molar-refractivity contribution in [2.45, 2.75) is 64.5 Å². The number of nitrogens with zero attached hydrogens (tertiary/aromatic N) is 2. The van der Waals surface area contributed by atoms with Gasteiger partial charge in [-0.3, -0.25) is 0 Å². The highest BCUT2D eigenvalue weighted by atomic mass is 15.2. The van der Waals surface area contributed by atoms with Crippen molar-refractivity contribution < 1.29 is 0 Å². The second kappa shape index (κ2) is 6.38.